The van der Waals surface area contributed by atoms with E-state index in [1.165, 1.54) is 37.5 Å². The van der Waals surface area contributed by atoms with E-state index in [-0.39, 0.29) is 34.8 Å². The Bertz CT molecular complexity index is 1330. The molecule has 0 heterocycles. The molecule has 43 heavy (non-hydrogen) atoms. The molecule has 0 aliphatic heterocycles. The third-order valence-corrected chi connectivity index (χ3v) is 6.68. The number of aryl methyl sites for hydroxylation is 1. The van der Waals surface area contributed by atoms with E-state index < -0.39 is 10.1 Å². The van der Waals surface area contributed by atoms with E-state index in [9.17, 15) is 18.0 Å². The number of hydrogen-bond donors (Lipinski definition) is 3. The number of carbonyl (C=O) groups excluding carboxylic acids is 2. The molecule has 0 aliphatic rings. The lowest BCUT2D eigenvalue weighted by Gasteiger charge is -2.16. The third kappa shape index (κ3) is 17.7. The van der Waals surface area contributed by atoms with Gasteiger partial charge in [-0.15, -0.1) is 0 Å². The van der Waals surface area contributed by atoms with Crippen LogP contribution in [0.2, 0.25) is 0 Å². The molecule has 9 nitrogen and oxygen atoms in total. The molecule has 10 heteroatoms. The second-order valence-corrected chi connectivity index (χ2v) is 11.1. The van der Waals surface area contributed by atoms with Crippen LogP contribution in [-0.2, 0) is 29.2 Å². The topological polar surface area (TPSA) is 145 Å². The van der Waals surface area contributed by atoms with Gasteiger partial charge in [-0.25, -0.2) is 4.79 Å². The van der Waals surface area contributed by atoms with Crippen molar-refractivity contribution in [2.45, 2.75) is 51.6 Å². The van der Waals surface area contributed by atoms with Gasteiger partial charge < -0.3 is 20.5 Å². The minimum absolute atomic E-state index is 0.0666. The number of nitrogens with one attached hydrogen (secondary N) is 1. The van der Waals surface area contributed by atoms with Gasteiger partial charge in [-0.1, -0.05) is 91.9 Å². The van der Waals surface area contributed by atoms with Crippen LogP contribution >= 0.6 is 0 Å². The zero-order valence-electron chi connectivity index (χ0n) is 26.1. The van der Waals surface area contributed by atoms with Gasteiger partial charge in [-0.05, 0) is 51.0 Å². The van der Waals surface area contributed by atoms with Crippen LogP contribution in [-0.4, -0.2) is 45.7 Å². The Balaban J connectivity index is 0.000000574. The highest BCUT2D eigenvalue weighted by molar-refractivity contribution is 7.85. The predicted octanol–water partition coefficient (Wildman–Crippen LogP) is 5.83. The molecule has 3 rings (SSSR count). The lowest BCUT2D eigenvalue weighted by Crippen LogP contribution is -2.29. The summed E-state index contributed by atoms with van der Waals surface area (Å²) in [5.41, 5.74) is 9.42. The maximum Gasteiger partial charge on any atom is 0.332 e. The molecule has 0 aliphatic carbocycles. The van der Waals surface area contributed by atoms with Crippen LogP contribution in [0.4, 0.5) is 0 Å². The molecule has 3 atom stereocenters. The van der Waals surface area contributed by atoms with Gasteiger partial charge >= 0.3 is 11.9 Å². The van der Waals surface area contributed by atoms with E-state index in [0.29, 0.717) is 12.1 Å². The van der Waals surface area contributed by atoms with E-state index in [4.69, 9.17) is 10.3 Å². The molecule has 3 aromatic carbocycles. The van der Waals surface area contributed by atoms with Crippen LogP contribution in [0.15, 0.2) is 102 Å². The Morgan fingerprint density at radius 1 is 0.860 bits per heavy atom. The fraction of sp³-hybridized carbons (Fsp3) is 0.333. The van der Waals surface area contributed by atoms with Gasteiger partial charge in [0, 0.05) is 24.2 Å². The summed E-state index contributed by atoms with van der Waals surface area (Å²) in [6.45, 7) is 13.3. The van der Waals surface area contributed by atoms with Crippen LogP contribution in [0.1, 0.15) is 56.5 Å². The first-order chi connectivity index (χ1) is 20.1. The molecule has 0 aromatic heterocycles. The van der Waals surface area contributed by atoms with E-state index >= 15 is 0 Å². The largest absolute Gasteiger partial charge is 0.469 e. The van der Waals surface area contributed by atoms with Gasteiger partial charge in [0.25, 0.3) is 10.1 Å². The second-order valence-electron chi connectivity index (χ2n) is 9.72. The highest BCUT2D eigenvalue weighted by atomic mass is 32.2. The van der Waals surface area contributed by atoms with Crippen molar-refractivity contribution in [2.24, 2.45) is 11.7 Å². The summed E-state index contributed by atoms with van der Waals surface area (Å²) >= 11 is 0. The number of nitrogens with two attached hydrogens (primary N) is 1. The van der Waals surface area contributed by atoms with Crippen molar-refractivity contribution in [3.63, 3.8) is 0 Å². The van der Waals surface area contributed by atoms with E-state index in [1.54, 1.807) is 19.1 Å². The second kappa shape index (κ2) is 21.0. The monoisotopic (exact) mass is 614 g/mol. The average molecular weight is 615 g/mol. The van der Waals surface area contributed by atoms with Crippen molar-refractivity contribution in [1.82, 2.24) is 5.32 Å². The number of rotatable bonds is 8. The Morgan fingerprint density at radius 2 is 1.33 bits per heavy atom. The molecule has 236 valence electrons. The smallest absolute Gasteiger partial charge is 0.332 e. The van der Waals surface area contributed by atoms with Crippen LogP contribution in [0.3, 0.4) is 0 Å². The van der Waals surface area contributed by atoms with Crippen molar-refractivity contribution in [3.05, 3.63) is 114 Å². The SMILES string of the molecule is C=C(C)C(=O)OC.COC(=O)[C@@H](C)CN[C@H](C)c1ccccc1.C[C@@H](N)c1ccccc1.Cc1ccc(S(=O)(=O)O)cc1. The van der Waals surface area contributed by atoms with Crippen molar-refractivity contribution in [3.8, 4) is 0 Å². The van der Waals surface area contributed by atoms with Crippen molar-refractivity contribution >= 4 is 22.1 Å². The van der Waals surface area contributed by atoms with Crippen LogP contribution < -0.4 is 11.1 Å². The maximum atomic E-state index is 11.2. The Hall–Kier alpha value is -3.83. The number of carbonyl (C=O) groups is 2. The molecule has 3 aromatic rings. The summed E-state index contributed by atoms with van der Waals surface area (Å²) < 4.78 is 38.5. The highest BCUT2D eigenvalue weighted by Gasteiger charge is 2.14. The minimum atomic E-state index is -4.02. The van der Waals surface area contributed by atoms with Gasteiger partial charge in [-0.3, -0.25) is 9.35 Å². The molecule has 0 radical (unpaired) electrons. The van der Waals surface area contributed by atoms with Gasteiger partial charge in [0.1, 0.15) is 0 Å². The molecular weight excluding hydrogens is 568 g/mol. The summed E-state index contributed by atoms with van der Waals surface area (Å²) in [5.74, 6) is -0.635. The van der Waals surface area contributed by atoms with Gasteiger partial charge in [0.15, 0.2) is 0 Å². The number of esters is 2. The summed E-state index contributed by atoms with van der Waals surface area (Å²) in [5, 5.41) is 3.31. The minimum Gasteiger partial charge on any atom is -0.469 e. The van der Waals surface area contributed by atoms with Gasteiger partial charge in [0.2, 0.25) is 0 Å². The molecule has 0 amide bonds. The summed E-state index contributed by atoms with van der Waals surface area (Å²) in [7, 11) is -1.27. The molecular formula is C33H46N2O7S. The first kappa shape index (κ1) is 39.2. The predicted molar refractivity (Wildman–Crippen MR) is 171 cm³/mol. The normalized spacial score (nSPS) is 12.2. The van der Waals surface area contributed by atoms with Gasteiger partial charge in [0.05, 0.1) is 25.0 Å². The molecule has 0 fully saturated rings. The standard InChI is InChI=1S/C13H19NO2.C8H11N.C7H8O3S.C5H8O2/c1-10(13(15)16-3)9-14-11(2)12-7-5-4-6-8-12;1-7(9)8-5-3-2-4-6-8;1-6-2-4-7(5-3-6)11(8,9)10;1-4(2)5(6)7-3/h4-8,10-11,14H,9H2,1-3H3;2-7H,9H2,1H3;2-5H,1H3,(H,8,9,10);1H2,2-3H3/t10-,11+;7-;;/m01../s1. The average Bonchev–Trinajstić information content (AvgIpc) is 3.00. The van der Waals surface area contributed by atoms with Crippen LogP contribution in [0.5, 0.6) is 0 Å². The Labute approximate surface area is 256 Å². The Kier molecular flexibility index (Phi) is 19.1. The lowest BCUT2D eigenvalue weighted by molar-refractivity contribution is -0.144. The summed E-state index contributed by atoms with van der Waals surface area (Å²) in [4.78, 5) is 21.3. The molecule has 0 saturated carbocycles. The van der Waals surface area contributed by atoms with Crippen LogP contribution in [0.25, 0.3) is 0 Å². The fourth-order valence-corrected chi connectivity index (χ4v) is 3.62. The summed E-state index contributed by atoms with van der Waals surface area (Å²) in [6.07, 6.45) is 0. The quantitative estimate of drug-likeness (QED) is 0.162. The molecule has 0 unspecified atom stereocenters. The number of methoxy groups -OCH3 is 2. The number of benzene rings is 3. The zero-order chi connectivity index (χ0) is 33.0. The Morgan fingerprint density at radius 3 is 1.65 bits per heavy atom. The molecule has 0 bridgehead atoms. The lowest BCUT2D eigenvalue weighted by atomic mass is 10.1. The zero-order valence-corrected chi connectivity index (χ0v) is 26.9. The van der Waals surface area contributed by atoms with E-state index in [2.05, 4.69) is 40.4 Å². The van der Waals surface area contributed by atoms with Crippen molar-refractivity contribution in [2.75, 3.05) is 20.8 Å². The number of hydrogen-bond acceptors (Lipinski definition) is 8. The van der Waals surface area contributed by atoms with Crippen molar-refractivity contribution in [1.29, 1.82) is 0 Å². The molecule has 0 spiro atoms. The van der Waals surface area contributed by atoms with Gasteiger partial charge in [-0.2, -0.15) is 8.42 Å². The fourth-order valence-electron chi connectivity index (χ4n) is 3.14. The first-order valence-corrected chi connectivity index (χ1v) is 15.0. The summed E-state index contributed by atoms with van der Waals surface area (Å²) in [6, 6.07) is 26.6. The van der Waals surface area contributed by atoms with Crippen molar-refractivity contribution < 1.29 is 32.0 Å². The molecule has 4 N–H and O–H groups in total. The molecule has 0 saturated heterocycles. The number of ether oxygens (including phenoxy) is 2. The third-order valence-electron chi connectivity index (χ3n) is 5.81. The first-order valence-electron chi connectivity index (χ1n) is 13.6. The highest BCUT2D eigenvalue weighted by Crippen LogP contribution is 2.12. The maximum absolute atomic E-state index is 11.2. The van der Waals surface area contributed by atoms with Crippen LogP contribution in [0, 0.1) is 12.8 Å². The van der Waals surface area contributed by atoms with E-state index in [1.807, 2.05) is 69.3 Å². The van der Waals surface area contributed by atoms with E-state index in [0.717, 1.165) is 5.56 Å².